The summed E-state index contributed by atoms with van der Waals surface area (Å²) in [7, 11) is 1.81. The Kier molecular flexibility index (Phi) is 5.69. The summed E-state index contributed by atoms with van der Waals surface area (Å²) in [5, 5.41) is 3.46. The zero-order chi connectivity index (χ0) is 15.4. The van der Waals surface area contributed by atoms with Gasteiger partial charge in [0.05, 0.1) is 7.11 Å². The first-order valence-electron chi connectivity index (χ1n) is 8.44. The second kappa shape index (κ2) is 7.31. The van der Waals surface area contributed by atoms with Crippen LogP contribution in [0.25, 0.3) is 0 Å². The lowest BCUT2D eigenvalue weighted by atomic mass is 9.86. The number of ether oxygens (including phenoxy) is 1. The fraction of sp³-hybridized carbons (Fsp3) is 0.684. The second-order valence-corrected chi connectivity index (χ2v) is 7.01. The van der Waals surface area contributed by atoms with Crippen LogP contribution in [0.3, 0.4) is 0 Å². The van der Waals surface area contributed by atoms with Crippen molar-refractivity contribution in [3.63, 3.8) is 0 Å². The summed E-state index contributed by atoms with van der Waals surface area (Å²) >= 11 is 0. The molecular weight excluding hydrogens is 258 g/mol. The minimum atomic E-state index is 0.505. The highest BCUT2D eigenvalue weighted by molar-refractivity contribution is 5.48. The maximum Gasteiger partial charge on any atom is 0.125 e. The van der Waals surface area contributed by atoms with E-state index in [4.69, 9.17) is 4.74 Å². The van der Waals surface area contributed by atoms with Gasteiger partial charge in [-0.3, -0.25) is 0 Å². The van der Waals surface area contributed by atoms with Gasteiger partial charge < -0.3 is 10.1 Å². The van der Waals surface area contributed by atoms with E-state index < -0.39 is 0 Å². The monoisotopic (exact) mass is 289 g/mol. The number of piperidine rings is 1. The number of hydrogen-bond acceptors (Lipinski definition) is 2. The quantitative estimate of drug-likeness (QED) is 0.862. The maximum atomic E-state index is 5.73. The van der Waals surface area contributed by atoms with E-state index in [0.29, 0.717) is 11.8 Å². The van der Waals surface area contributed by atoms with Gasteiger partial charge in [0, 0.05) is 0 Å². The molecule has 0 bridgehead atoms. The highest BCUT2D eigenvalue weighted by atomic mass is 16.5. The second-order valence-electron chi connectivity index (χ2n) is 7.01. The van der Waals surface area contributed by atoms with Gasteiger partial charge in [0.25, 0.3) is 0 Å². The first-order valence-corrected chi connectivity index (χ1v) is 8.44. The Morgan fingerprint density at radius 1 is 1.05 bits per heavy atom. The molecule has 2 nitrogen and oxygen atoms in total. The van der Waals surface area contributed by atoms with E-state index in [-0.39, 0.29) is 0 Å². The minimum absolute atomic E-state index is 0.505. The predicted molar refractivity (Wildman–Crippen MR) is 90.5 cm³/mol. The zero-order valence-corrected chi connectivity index (χ0v) is 14.3. The lowest BCUT2D eigenvalue weighted by Crippen LogP contribution is -2.28. The summed E-state index contributed by atoms with van der Waals surface area (Å²) in [6, 6.07) is 4.77. The molecule has 2 heteroatoms. The number of nitrogens with one attached hydrogen (secondary N) is 1. The molecule has 1 aromatic carbocycles. The standard InChI is InChI=1S/C19H31NO/c1-13(2)17-11-16(10-15-6-8-20-9-7-15)12-18(14(3)4)19(17)21-5/h11-15,20H,6-10H2,1-5H3. The van der Waals surface area contributed by atoms with Crippen molar-refractivity contribution in [1.82, 2.24) is 5.32 Å². The highest BCUT2D eigenvalue weighted by Gasteiger charge is 2.19. The molecule has 1 saturated heterocycles. The van der Waals surface area contributed by atoms with Gasteiger partial charge in [-0.2, -0.15) is 0 Å². The van der Waals surface area contributed by atoms with Crippen LogP contribution >= 0.6 is 0 Å². The molecule has 0 aromatic heterocycles. The number of methoxy groups -OCH3 is 1. The molecule has 1 aromatic rings. The smallest absolute Gasteiger partial charge is 0.125 e. The summed E-state index contributed by atoms with van der Waals surface area (Å²) < 4.78 is 5.73. The van der Waals surface area contributed by atoms with E-state index in [1.165, 1.54) is 49.0 Å². The van der Waals surface area contributed by atoms with Gasteiger partial charge in [-0.25, -0.2) is 0 Å². The highest BCUT2D eigenvalue weighted by Crippen LogP contribution is 2.36. The molecule has 1 heterocycles. The molecule has 1 aliphatic heterocycles. The van der Waals surface area contributed by atoms with Crippen LogP contribution in [0.5, 0.6) is 5.75 Å². The van der Waals surface area contributed by atoms with Crippen LogP contribution in [0.1, 0.15) is 69.1 Å². The molecule has 0 radical (unpaired) electrons. The first-order chi connectivity index (χ1) is 10.0. The molecule has 1 aliphatic rings. The van der Waals surface area contributed by atoms with Crippen LogP contribution in [0.4, 0.5) is 0 Å². The number of hydrogen-bond donors (Lipinski definition) is 1. The summed E-state index contributed by atoms with van der Waals surface area (Å²) in [5.41, 5.74) is 4.23. The summed E-state index contributed by atoms with van der Waals surface area (Å²) in [4.78, 5) is 0. The van der Waals surface area contributed by atoms with Crippen molar-refractivity contribution >= 4 is 0 Å². The molecule has 0 spiro atoms. The van der Waals surface area contributed by atoms with Gasteiger partial charge in [0.15, 0.2) is 0 Å². The largest absolute Gasteiger partial charge is 0.496 e. The third-order valence-electron chi connectivity index (χ3n) is 4.64. The molecule has 21 heavy (non-hydrogen) atoms. The predicted octanol–water partition coefficient (Wildman–Crippen LogP) is 4.48. The van der Waals surface area contributed by atoms with Crippen molar-refractivity contribution in [3.05, 3.63) is 28.8 Å². The SMILES string of the molecule is COc1c(C(C)C)cc(CC2CCNCC2)cc1C(C)C. The average Bonchev–Trinajstić information content (AvgIpc) is 2.47. The van der Waals surface area contributed by atoms with Crippen LogP contribution < -0.4 is 10.1 Å². The minimum Gasteiger partial charge on any atom is -0.496 e. The summed E-state index contributed by atoms with van der Waals surface area (Å²) in [6.45, 7) is 11.4. The average molecular weight is 289 g/mol. The molecule has 1 fully saturated rings. The van der Waals surface area contributed by atoms with E-state index >= 15 is 0 Å². The van der Waals surface area contributed by atoms with Crippen LogP contribution in [0.2, 0.25) is 0 Å². The lowest BCUT2D eigenvalue weighted by Gasteiger charge is -2.25. The van der Waals surface area contributed by atoms with Crippen LogP contribution in [0.15, 0.2) is 12.1 Å². The van der Waals surface area contributed by atoms with Crippen molar-refractivity contribution in [2.45, 2.75) is 58.8 Å². The topological polar surface area (TPSA) is 21.3 Å². The van der Waals surface area contributed by atoms with Crippen molar-refractivity contribution in [1.29, 1.82) is 0 Å². The van der Waals surface area contributed by atoms with Crippen molar-refractivity contribution < 1.29 is 4.74 Å². The van der Waals surface area contributed by atoms with E-state index in [0.717, 1.165) is 11.7 Å². The summed E-state index contributed by atoms with van der Waals surface area (Å²) in [6.07, 6.45) is 3.82. The maximum absolute atomic E-state index is 5.73. The lowest BCUT2D eigenvalue weighted by molar-refractivity contribution is 0.371. The van der Waals surface area contributed by atoms with Gasteiger partial charge in [0.1, 0.15) is 5.75 Å². The zero-order valence-electron chi connectivity index (χ0n) is 14.3. The number of rotatable bonds is 5. The van der Waals surface area contributed by atoms with Crippen molar-refractivity contribution in [2.24, 2.45) is 5.92 Å². The Morgan fingerprint density at radius 2 is 1.57 bits per heavy atom. The van der Waals surface area contributed by atoms with Gasteiger partial charge in [-0.15, -0.1) is 0 Å². The van der Waals surface area contributed by atoms with E-state index in [2.05, 4.69) is 45.1 Å². The van der Waals surface area contributed by atoms with Gasteiger partial charge in [0.2, 0.25) is 0 Å². The Morgan fingerprint density at radius 3 is 2.00 bits per heavy atom. The Hall–Kier alpha value is -1.02. The molecule has 1 N–H and O–H groups in total. The van der Waals surface area contributed by atoms with Gasteiger partial charge >= 0.3 is 0 Å². The normalized spacial score (nSPS) is 16.7. The molecule has 0 amide bonds. The van der Waals surface area contributed by atoms with Crippen LogP contribution in [-0.4, -0.2) is 20.2 Å². The Labute approximate surface area is 130 Å². The molecule has 2 rings (SSSR count). The van der Waals surface area contributed by atoms with Crippen LogP contribution in [0, 0.1) is 5.92 Å². The van der Waals surface area contributed by atoms with Crippen LogP contribution in [-0.2, 0) is 6.42 Å². The first kappa shape index (κ1) is 16.4. The third-order valence-corrected chi connectivity index (χ3v) is 4.64. The van der Waals surface area contributed by atoms with Crippen molar-refractivity contribution in [2.75, 3.05) is 20.2 Å². The Balaban J connectivity index is 2.32. The van der Waals surface area contributed by atoms with E-state index in [1.54, 1.807) is 7.11 Å². The van der Waals surface area contributed by atoms with Gasteiger partial charge in [-0.1, -0.05) is 39.8 Å². The molecule has 0 unspecified atom stereocenters. The fourth-order valence-corrected chi connectivity index (χ4v) is 3.37. The molecule has 118 valence electrons. The van der Waals surface area contributed by atoms with E-state index in [9.17, 15) is 0 Å². The van der Waals surface area contributed by atoms with Crippen molar-refractivity contribution in [3.8, 4) is 5.75 Å². The molecular formula is C19H31NO. The Bertz CT molecular complexity index is 430. The molecule has 0 saturated carbocycles. The fourth-order valence-electron chi connectivity index (χ4n) is 3.37. The molecule has 0 atom stereocenters. The third kappa shape index (κ3) is 4.00. The summed E-state index contributed by atoms with van der Waals surface area (Å²) in [5.74, 6) is 2.95. The number of benzene rings is 1. The van der Waals surface area contributed by atoms with Gasteiger partial charge in [-0.05, 0) is 66.8 Å². The molecule has 0 aliphatic carbocycles. The van der Waals surface area contributed by atoms with E-state index in [1.807, 2.05) is 0 Å².